The molecule has 0 heterocycles. The number of carbonyl (C=O) groups excluding carboxylic acids is 2. The highest BCUT2D eigenvalue weighted by molar-refractivity contribution is 7.91. The molecule has 0 aliphatic rings. The number of carbonyl (C=O) groups is 2. The Bertz CT molecular complexity index is 802. The lowest BCUT2D eigenvalue weighted by atomic mass is 10.1. The van der Waals surface area contributed by atoms with Crippen molar-refractivity contribution < 1.29 is 35.9 Å². The molecule has 2 unspecified atom stereocenters. The molecule has 0 radical (unpaired) electrons. The van der Waals surface area contributed by atoms with Crippen molar-refractivity contribution in [2.75, 3.05) is 25.7 Å². The average molecular weight is 406 g/mol. The summed E-state index contributed by atoms with van der Waals surface area (Å²) >= 11 is 0. The van der Waals surface area contributed by atoms with E-state index in [0.29, 0.717) is 0 Å². The fourth-order valence-electron chi connectivity index (χ4n) is 2.28. The van der Waals surface area contributed by atoms with E-state index in [-0.39, 0.29) is 24.3 Å². The van der Waals surface area contributed by atoms with Gasteiger partial charge in [-0.1, -0.05) is 24.3 Å². The summed E-state index contributed by atoms with van der Waals surface area (Å²) in [5.41, 5.74) is 0.561. The largest absolute Gasteiger partial charge is 0.464 e. The molecule has 0 N–H and O–H groups in total. The molecule has 0 amide bonds. The molecule has 1 aromatic rings. The van der Waals surface area contributed by atoms with Gasteiger partial charge in [0.1, 0.15) is 23.7 Å². The van der Waals surface area contributed by atoms with Crippen molar-refractivity contribution in [3.8, 4) is 0 Å². The first-order valence-electron chi connectivity index (χ1n) is 7.56. The topological polar surface area (TPSA) is 121 Å². The monoisotopic (exact) mass is 406 g/mol. The number of benzene rings is 1. The second-order valence-corrected chi connectivity index (χ2v) is 10.4. The summed E-state index contributed by atoms with van der Waals surface area (Å²) in [5.74, 6) is -1.25. The number of ether oxygens (including phenoxy) is 2. The Kier molecular flexibility index (Phi) is 7.34. The van der Waals surface area contributed by atoms with Crippen LogP contribution >= 0.6 is 0 Å². The van der Waals surface area contributed by atoms with E-state index in [1.807, 2.05) is 0 Å². The van der Waals surface area contributed by atoms with E-state index in [9.17, 15) is 26.4 Å². The van der Waals surface area contributed by atoms with E-state index >= 15 is 0 Å². The summed E-state index contributed by atoms with van der Waals surface area (Å²) < 4.78 is 57.9. The molecule has 0 saturated carbocycles. The first kappa shape index (κ1) is 22.1. The molecular weight excluding hydrogens is 384 g/mol. The van der Waals surface area contributed by atoms with Gasteiger partial charge in [0.2, 0.25) is 0 Å². The molecule has 0 saturated heterocycles. The van der Waals surface area contributed by atoms with Crippen LogP contribution in [-0.2, 0) is 38.7 Å². The highest BCUT2D eigenvalue weighted by Gasteiger charge is 2.28. The molecule has 1 aromatic carbocycles. The van der Waals surface area contributed by atoms with E-state index in [1.165, 1.54) is 24.3 Å². The van der Waals surface area contributed by atoms with Gasteiger partial charge in [0.15, 0.2) is 19.7 Å². The van der Waals surface area contributed by atoms with Crippen LogP contribution in [-0.4, -0.2) is 54.5 Å². The minimum Gasteiger partial charge on any atom is -0.464 e. The Morgan fingerprint density at radius 1 is 0.846 bits per heavy atom. The maximum atomic E-state index is 12.1. The van der Waals surface area contributed by atoms with Gasteiger partial charge in [0.05, 0.1) is 0 Å². The van der Waals surface area contributed by atoms with Crippen molar-refractivity contribution >= 4 is 31.6 Å². The van der Waals surface area contributed by atoms with Crippen LogP contribution in [0.4, 0.5) is 0 Å². The fraction of sp³-hybridized carbons (Fsp3) is 0.500. The van der Waals surface area contributed by atoms with E-state index < -0.39 is 42.1 Å². The summed E-state index contributed by atoms with van der Waals surface area (Å²) in [6, 6.07) is 5.92. The number of hydrogen-bond donors (Lipinski definition) is 0. The Hall–Kier alpha value is -1.94. The number of hydrogen-bond acceptors (Lipinski definition) is 8. The van der Waals surface area contributed by atoms with Crippen LogP contribution in [0.15, 0.2) is 24.3 Å². The lowest BCUT2D eigenvalue weighted by Gasteiger charge is -2.19. The summed E-state index contributed by atoms with van der Waals surface area (Å²) in [6.07, 6.45) is 2.00. The molecule has 1 rings (SSSR count). The van der Waals surface area contributed by atoms with Gasteiger partial charge in [-0.2, -0.15) is 0 Å². The molecule has 0 aromatic heterocycles. The van der Waals surface area contributed by atoms with E-state index in [1.54, 1.807) is 0 Å². The third-order valence-electron chi connectivity index (χ3n) is 3.56. The molecule has 0 fully saturated rings. The summed E-state index contributed by atoms with van der Waals surface area (Å²) in [7, 11) is -7.26. The van der Waals surface area contributed by atoms with Crippen molar-refractivity contribution in [3.05, 3.63) is 35.4 Å². The zero-order valence-electron chi connectivity index (χ0n) is 15.0. The van der Waals surface area contributed by atoms with Gasteiger partial charge in [-0.05, 0) is 11.1 Å². The Balaban J connectivity index is 3.31. The fourth-order valence-corrected chi connectivity index (χ4v) is 4.19. The van der Waals surface area contributed by atoms with Gasteiger partial charge in [0, 0.05) is 26.4 Å². The van der Waals surface area contributed by atoms with Gasteiger partial charge >= 0.3 is 11.9 Å². The first-order valence-corrected chi connectivity index (χ1v) is 11.5. The van der Waals surface area contributed by atoms with Crippen LogP contribution in [0.3, 0.4) is 0 Å². The highest BCUT2D eigenvalue weighted by Crippen LogP contribution is 2.28. The highest BCUT2D eigenvalue weighted by atomic mass is 32.2. The Morgan fingerprint density at radius 2 is 1.19 bits per heavy atom. The minimum atomic E-state index is -3.63. The molecule has 26 heavy (non-hydrogen) atoms. The lowest BCUT2D eigenvalue weighted by molar-refractivity contribution is -0.141. The molecule has 2 atom stereocenters. The standard InChI is InChI=1S/C16H22O8S2/c1-11(17)23-9-15(25(3,19)20)13-6-5-7-14(8-13)16(26(4,21)22)10-24-12(2)18/h5-8,15-16H,9-10H2,1-4H3. The molecule has 0 aliphatic heterocycles. The van der Waals surface area contributed by atoms with Gasteiger partial charge in [-0.15, -0.1) is 0 Å². The summed E-state index contributed by atoms with van der Waals surface area (Å²) in [6.45, 7) is 1.55. The van der Waals surface area contributed by atoms with Crippen LogP contribution in [0.5, 0.6) is 0 Å². The molecular formula is C16H22O8S2. The van der Waals surface area contributed by atoms with E-state index in [2.05, 4.69) is 0 Å². The predicted molar refractivity (Wildman–Crippen MR) is 94.9 cm³/mol. The third kappa shape index (κ3) is 6.75. The van der Waals surface area contributed by atoms with E-state index in [4.69, 9.17) is 9.47 Å². The normalized spacial score (nSPS) is 14.3. The van der Waals surface area contributed by atoms with Crippen molar-refractivity contribution in [1.29, 1.82) is 0 Å². The smallest absolute Gasteiger partial charge is 0.302 e. The molecule has 0 spiro atoms. The van der Waals surface area contributed by atoms with Gasteiger partial charge in [-0.25, -0.2) is 16.8 Å². The number of esters is 2. The molecule has 8 nitrogen and oxygen atoms in total. The average Bonchev–Trinajstić information content (AvgIpc) is 2.44. The summed E-state index contributed by atoms with van der Waals surface area (Å²) in [5, 5.41) is -2.28. The zero-order chi connectivity index (χ0) is 20.1. The molecule has 10 heteroatoms. The van der Waals surface area contributed by atoms with Gasteiger partial charge < -0.3 is 9.47 Å². The van der Waals surface area contributed by atoms with Gasteiger partial charge in [-0.3, -0.25) is 9.59 Å². The maximum absolute atomic E-state index is 12.1. The van der Waals surface area contributed by atoms with Crippen LogP contribution in [0.2, 0.25) is 0 Å². The van der Waals surface area contributed by atoms with Crippen LogP contribution in [0, 0.1) is 0 Å². The maximum Gasteiger partial charge on any atom is 0.302 e. The van der Waals surface area contributed by atoms with E-state index in [0.717, 1.165) is 26.4 Å². The second kappa shape index (κ2) is 8.63. The van der Waals surface area contributed by atoms with Crippen molar-refractivity contribution in [1.82, 2.24) is 0 Å². The molecule has 0 bridgehead atoms. The van der Waals surface area contributed by atoms with Crippen LogP contribution < -0.4 is 0 Å². The van der Waals surface area contributed by atoms with Crippen molar-refractivity contribution in [2.45, 2.75) is 24.3 Å². The Labute approximate surface area is 153 Å². The zero-order valence-corrected chi connectivity index (χ0v) is 16.6. The second-order valence-electron chi connectivity index (χ2n) is 5.91. The van der Waals surface area contributed by atoms with Crippen molar-refractivity contribution in [3.63, 3.8) is 0 Å². The van der Waals surface area contributed by atoms with Crippen LogP contribution in [0.1, 0.15) is 35.5 Å². The minimum absolute atomic E-state index is 0.280. The first-order chi connectivity index (χ1) is 11.8. The van der Waals surface area contributed by atoms with Gasteiger partial charge in [0.25, 0.3) is 0 Å². The van der Waals surface area contributed by atoms with Crippen molar-refractivity contribution in [2.24, 2.45) is 0 Å². The molecule has 146 valence electrons. The van der Waals surface area contributed by atoms with Crippen LogP contribution in [0.25, 0.3) is 0 Å². The predicted octanol–water partition coefficient (Wildman–Crippen LogP) is 0.984. The SMILES string of the molecule is CC(=O)OCC(c1cccc(C(COC(C)=O)S(C)(=O)=O)c1)S(C)(=O)=O. The third-order valence-corrected chi connectivity index (χ3v) is 6.45. The number of rotatable bonds is 8. The number of sulfone groups is 2. The quantitative estimate of drug-likeness (QED) is 0.586. The lowest BCUT2D eigenvalue weighted by Crippen LogP contribution is -2.21. The Morgan fingerprint density at radius 3 is 1.46 bits per heavy atom. The molecule has 0 aliphatic carbocycles. The summed E-state index contributed by atoms with van der Waals surface area (Å²) in [4.78, 5) is 22.0.